The summed E-state index contributed by atoms with van der Waals surface area (Å²) < 4.78 is 56.1. The molecule has 0 radical (unpaired) electrons. The number of nitrogens with zero attached hydrogens (tertiary/aromatic N) is 3. The number of allylic oxidation sites excluding steroid dienone is 1. The summed E-state index contributed by atoms with van der Waals surface area (Å²) in [6, 6.07) is 16.9. The number of hydrogen-bond donors (Lipinski definition) is 3. The molecule has 3 aromatic carbocycles. The van der Waals surface area contributed by atoms with Gasteiger partial charge in [-0.1, -0.05) is 42.5 Å². The van der Waals surface area contributed by atoms with E-state index in [2.05, 4.69) is 10.6 Å². The monoisotopic (exact) mass is 649 g/mol. The number of nitrogens with one attached hydrogen (secondary N) is 2. The van der Waals surface area contributed by atoms with E-state index in [0.717, 1.165) is 12.1 Å². The Labute approximate surface area is 267 Å². The molecule has 4 aromatic rings. The number of aliphatic hydroxyl groups is 1. The minimum absolute atomic E-state index is 0.0642. The van der Waals surface area contributed by atoms with Gasteiger partial charge in [0.1, 0.15) is 17.7 Å². The van der Waals surface area contributed by atoms with Crippen molar-refractivity contribution in [3.8, 4) is 5.69 Å². The van der Waals surface area contributed by atoms with Gasteiger partial charge in [0.15, 0.2) is 0 Å². The Morgan fingerprint density at radius 1 is 1.02 bits per heavy atom. The summed E-state index contributed by atoms with van der Waals surface area (Å²) in [5, 5.41) is 19.0. The molecule has 2 heterocycles. The van der Waals surface area contributed by atoms with Crippen LogP contribution in [0.2, 0.25) is 0 Å². The Morgan fingerprint density at radius 3 is 2.40 bits per heavy atom. The van der Waals surface area contributed by atoms with E-state index in [1.54, 1.807) is 41.9 Å². The summed E-state index contributed by atoms with van der Waals surface area (Å²) in [5.41, 5.74) is 0.704. The van der Waals surface area contributed by atoms with E-state index in [1.807, 2.05) is 6.07 Å². The number of rotatable bonds is 10. The number of aromatic nitrogens is 2. The number of para-hydroxylation sites is 1. The van der Waals surface area contributed by atoms with Crippen molar-refractivity contribution in [2.45, 2.75) is 31.5 Å². The van der Waals surface area contributed by atoms with Crippen molar-refractivity contribution in [3.05, 3.63) is 125 Å². The third-order valence-electron chi connectivity index (χ3n) is 7.68. The van der Waals surface area contributed by atoms with Crippen molar-refractivity contribution in [3.63, 3.8) is 0 Å². The molecule has 1 aliphatic rings. The molecule has 0 aliphatic carbocycles. The third kappa shape index (κ3) is 7.09. The first-order valence-electron chi connectivity index (χ1n) is 14.8. The van der Waals surface area contributed by atoms with Crippen molar-refractivity contribution in [1.29, 1.82) is 0 Å². The van der Waals surface area contributed by atoms with E-state index in [4.69, 9.17) is 10.2 Å². The normalized spacial score (nSPS) is 16.3. The van der Waals surface area contributed by atoms with E-state index in [-0.39, 0.29) is 31.7 Å². The lowest BCUT2D eigenvalue weighted by Crippen LogP contribution is -2.55. The number of likely N-dealkylation sites (N-methyl/N-ethyl adjacent to an activating group) is 1. The summed E-state index contributed by atoms with van der Waals surface area (Å²) in [6.45, 7) is 1.71. The fourth-order valence-corrected chi connectivity index (χ4v) is 5.58. The Hall–Kier alpha value is -5.30. The Morgan fingerprint density at radius 2 is 1.74 bits per heavy atom. The molecular formula is C34H31F4N5O4. The van der Waals surface area contributed by atoms with Gasteiger partial charge in [0, 0.05) is 36.6 Å². The second-order valence-electron chi connectivity index (χ2n) is 10.7. The highest BCUT2D eigenvalue weighted by atomic mass is 19.4. The highest BCUT2D eigenvalue weighted by Gasteiger charge is 2.46. The maximum absolute atomic E-state index is 14.3. The first-order valence-corrected chi connectivity index (χ1v) is 14.8. The van der Waals surface area contributed by atoms with E-state index in [9.17, 15) is 31.9 Å². The van der Waals surface area contributed by atoms with Crippen LogP contribution < -0.4 is 15.5 Å². The van der Waals surface area contributed by atoms with Gasteiger partial charge in [0.2, 0.25) is 5.91 Å². The lowest BCUT2D eigenvalue weighted by Gasteiger charge is -2.38. The van der Waals surface area contributed by atoms with Gasteiger partial charge >= 0.3 is 6.18 Å². The Balaban J connectivity index is 1.67. The fraction of sp³-hybridized carbons (Fsp3) is 0.235. The van der Waals surface area contributed by atoms with Gasteiger partial charge < -0.3 is 15.7 Å². The quantitative estimate of drug-likeness (QED) is 0.173. The first kappa shape index (κ1) is 33.1. The molecule has 0 fully saturated rings. The minimum atomic E-state index is -4.69. The zero-order valence-corrected chi connectivity index (χ0v) is 25.2. The maximum atomic E-state index is 14.3. The zero-order chi connectivity index (χ0) is 33.7. The van der Waals surface area contributed by atoms with Crippen molar-refractivity contribution in [2.75, 3.05) is 24.6 Å². The number of aliphatic hydroxyl groups excluding tert-OH is 1. The number of halogens is 4. The molecule has 0 spiro atoms. The van der Waals surface area contributed by atoms with Gasteiger partial charge in [0.25, 0.3) is 11.8 Å². The number of anilines is 1. The molecule has 9 nitrogen and oxygen atoms in total. The summed E-state index contributed by atoms with van der Waals surface area (Å²) in [5.74, 6) is -2.97. The number of hydrogen-bond acceptors (Lipinski definition) is 5. The lowest BCUT2D eigenvalue weighted by atomic mass is 9.80. The zero-order valence-electron chi connectivity index (χ0n) is 25.2. The van der Waals surface area contributed by atoms with E-state index in [0.29, 0.717) is 34.4 Å². The molecule has 0 saturated heterocycles. The molecule has 47 heavy (non-hydrogen) atoms. The van der Waals surface area contributed by atoms with Crippen LogP contribution in [0, 0.1) is 5.82 Å². The van der Waals surface area contributed by atoms with Crippen LogP contribution in [-0.4, -0.2) is 58.3 Å². The van der Waals surface area contributed by atoms with E-state index < -0.39 is 47.2 Å². The largest absolute Gasteiger partial charge is 0.416 e. The predicted octanol–water partition coefficient (Wildman–Crippen LogP) is 4.53. The number of alkyl halides is 3. The van der Waals surface area contributed by atoms with Crippen LogP contribution in [0.15, 0.2) is 91.0 Å². The summed E-state index contributed by atoms with van der Waals surface area (Å²) in [7, 11) is 0. The Kier molecular flexibility index (Phi) is 9.85. The second-order valence-corrected chi connectivity index (χ2v) is 10.7. The molecule has 5 rings (SSSR count). The van der Waals surface area contributed by atoms with Crippen molar-refractivity contribution in [2.24, 2.45) is 0 Å². The van der Waals surface area contributed by atoms with Gasteiger partial charge in [-0.25, -0.2) is 9.07 Å². The van der Waals surface area contributed by atoms with Crippen LogP contribution in [0.4, 0.5) is 23.4 Å². The van der Waals surface area contributed by atoms with E-state index >= 15 is 0 Å². The molecule has 3 N–H and O–H groups in total. The molecule has 13 heteroatoms. The lowest BCUT2D eigenvalue weighted by molar-refractivity contribution is -0.137. The van der Waals surface area contributed by atoms with Crippen LogP contribution in [0.5, 0.6) is 0 Å². The first-order chi connectivity index (χ1) is 22.5. The molecule has 1 aliphatic heterocycles. The number of amides is 3. The van der Waals surface area contributed by atoms with Gasteiger partial charge in [-0.2, -0.15) is 18.3 Å². The highest BCUT2D eigenvalue weighted by molar-refractivity contribution is 6.05. The number of carbonyl (C=O) groups excluding carboxylic acids is 3. The predicted molar refractivity (Wildman–Crippen MR) is 165 cm³/mol. The average Bonchev–Trinajstić information content (AvgIpc) is 3.43. The van der Waals surface area contributed by atoms with Crippen molar-refractivity contribution >= 4 is 23.5 Å². The third-order valence-corrected chi connectivity index (χ3v) is 7.68. The summed E-state index contributed by atoms with van der Waals surface area (Å²) in [6.07, 6.45) is -1.73. The Bertz CT molecular complexity index is 1790. The van der Waals surface area contributed by atoms with Gasteiger partial charge in [-0.15, -0.1) is 0 Å². The molecule has 0 unspecified atom stereocenters. The van der Waals surface area contributed by atoms with Gasteiger partial charge in [-0.3, -0.25) is 19.3 Å². The van der Waals surface area contributed by atoms with E-state index in [1.165, 1.54) is 41.3 Å². The van der Waals surface area contributed by atoms with Gasteiger partial charge in [-0.05, 0) is 61.0 Å². The molecule has 0 saturated carbocycles. The number of fused-ring (bicyclic) bond motifs is 1. The SMILES string of the molecule is CCN1C(=O)[C@@H](NC(=O)c2cccc(C(F)(F)F)c2)[C@@H](c2ccc(F)cc2)c2c(C/C=C/C(=O)NCCO)nn(-c3ccccc3)c21. The molecule has 0 bridgehead atoms. The molecule has 244 valence electrons. The number of carbonyl (C=O) groups is 3. The van der Waals surface area contributed by atoms with Crippen molar-refractivity contribution in [1.82, 2.24) is 20.4 Å². The molecule has 2 atom stereocenters. The maximum Gasteiger partial charge on any atom is 0.416 e. The topological polar surface area (TPSA) is 117 Å². The molecule has 3 amide bonds. The number of benzene rings is 3. The van der Waals surface area contributed by atoms with Crippen molar-refractivity contribution < 1.29 is 37.1 Å². The van der Waals surface area contributed by atoms with Crippen LogP contribution in [0.1, 0.15) is 45.6 Å². The average molecular weight is 650 g/mol. The molecular weight excluding hydrogens is 618 g/mol. The van der Waals surface area contributed by atoms with Crippen LogP contribution in [0.25, 0.3) is 5.69 Å². The second kappa shape index (κ2) is 14.0. The molecule has 1 aromatic heterocycles. The summed E-state index contributed by atoms with van der Waals surface area (Å²) >= 11 is 0. The van der Waals surface area contributed by atoms with Crippen LogP contribution >= 0.6 is 0 Å². The highest BCUT2D eigenvalue weighted by Crippen LogP contribution is 2.44. The minimum Gasteiger partial charge on any atom is -0.395 e. The summed E-state index contributed by atoms with van der Waals surface area (Å²) in [4.78, 5) is 41.5. The smallest absolute Gasteiger partial charge is 0.395 e. The fourth-order valence-electron chi connectivity index (χ4n) is 5.58. The van der Waals surface area contributed by atoms with Gasteiger partial charge in [0.05, 0.1) is 23.6 Å². The standard InChI is InChI=1S/C34H31F4N5O4/c1-2-42-32-29(26(12-7-13-27(45)39-18-19-44)41-43(32)25-10-4-3-5-11-25)28(21-14-16-24(35)17-15-21)30(33(42)47)40-31(46)22-8-6-9-23(20-22)34(36,37)38/h3-11,13-17,20,28,30,44H,2,12,18-19H2,1H3,(H,39,45)(H,40,46)/b13-7+/t28-,30-/m0/s1. The van der Waals surface area contributed by atoms with Crippen LogP contribution in [0.3, 0.4) is 0 Å². The van der Waals surface area contributed by atoms with Crippen LogP contribution in [-0.2, 0) is 22.2 Å².